The Labute approximate surface area is 121 Å². The monoisotopic (exact) mass is 292 g/mol. The Morgan fingerprint density at radius 2 is 1.84 bits per heavy atom. The average Bonchev–Trinajstić information content (AvgIpc) is 2.44. The molecule has 0 radical (unpaired) electrons. The molecule has 0 aliphatic rings. The molecule has 5 nitrogen and oxygen atoms in total. The Kier molecular flexibility index (Phi) is 10.8. The summed E-state index contributed by atoms with van der Waals surface area (Å²) in [6, 6.07) is 0.289. The number of ether oxygens (including phenoxy) is 2. The van der Waals surface area contributed by atoms with Gasteiger partial charge in [0.2, 0.25) is 0 Å². The average molecular weight is 292 g/mol. The second-order valence-electron chi connectivity index (χ2n) is 5.01. The number of hydrogen-bond donors (Lipinski definition) is 1. The normalized spacial score (nSPS) is 14.2. The minimum absolute atomic E-state index is 0.289. The molecule has 0 aromatic heterocycles. The first-order valence-electron chi connectivity index (χ1n) is 7.18. The van der Waals surface area contributed by atoms with Crippen LogP contribution in [0, 0.1) is 0 Å². The van der Waals surface area contributed by atoms with Crippen molar-refractivity contribution in [2.45, 2.75) is 50.5 Å². The summed E-state index contributed by atoms with van der Waals surface area (Å²) in [5, 5.41) is 2.06. The maximum atomic E-state index is 5.63. The van der Waals surface area contributed by atoms with E-state index < -0.39 is 5.41 Å². The molecule has 0 saturated heterocycles. The molecule has 0 rings (SSSR count). The lowest BCUT2D eigenvalue weighted by Crippen LogP contribution is -2.45. The first-order valence-corrected chi connectivity index (χ1v) is 8.18. The first-order chi connectivity index (χ1) is 9.06. The predicted molar refractivity (Wildman–Crippen MR) is 82.0 cm³/mol. The summed E-state index contributed by atoms with van der Waals surface area (Å²) in [7, 11) is 5.97. The Hall–Kier alpha value is 0.0169. The molecule has 2 N–H and O–H groups in total. The van der Waals surface area contributed by atoms with Gasteiger partial charge in [0, 0.05) is 33.2 Å². The van der Waals surface area contributed by atoms with E-state index in [1.807, 2.05) is 0 Å². The van der Waals surface area contributed by atoms with Crippen LogP contribution in [0.2, 0.25) is 0 Å². The van der Waals surface area contributed by atoms with Gasteiger partial charge in [-0.15, -0.1) is 0 Å². The van der Waals surface area contributed by atoms with E-state index in [-0.39, 0.29) is 6.04 Å². The number of hydrogen-bond acceptors (Lipinski definition) is 5. The second-order valence-corrected chi connectivity index (χ2v) is 6.53. The van der Waals surface area contributed by atoms with Gasteiger partial charge in [0.1, 0.15) is 5.41 Å². The smallest absolute Gasteiger partial charge is 0.142 e. The molecule has 6 heteroatoms. The first kappa shape index (κ1) is 19.0. The highest BCUT2D eigenvalue weighted by atomic mass is 28.1. The highest BCUT2D eigenvalue weighted by Crippen LogP contribution is 2.21. The van der Waals surface area contributed by atoms with E-state index >= 15 is 0 Å². The Bertz CT molecular complexity index is 216. The fourth-order valence-electron chi connectivity index (χ4n) is 2.12. The summed E-state index contributed by atoms with van der Waals surface area (Å²) in [5.74, 6) is 0. The van der Waals surface area contributed by atoms with Crippen molar-refractivity contribution >= 4 is 10.2 Å². The third-order valence-corrected chi connectivity index (χ3v) is 4.81. The Morgan fingerprint density at radius 1 is 1.21 bits per heavy atom. The minimum atomic E-state index is -0.442. The van der Waals surface area contributed by atoms with Gasteiger partial charge in [-0.1, -0.05) is 13.3 Å². The standard InChI is InChI=1S/C13H32N2O3Si/c1-5-6-10-15(18-4)12(8-7-9-14)11-13(19,16-2)17-3/h12H,5-11,14H2,1-4,19H3. The summed E-state index contributed by atoms with van der Waals surface area (Å²) < 4.78 is 11.0. The molecule has 0 aliphatic heterocycles. The van der Waals surface area contributed by atoms with Crippen molar-refractivity contribution in [3.05, 3.63) is 0 Å². The van der Waals surface area contributed by atoms with Gasteiger partial charge in [-0.2, -0.15) is 5.06 Å². The SMILES string of the molecule is CCCCN(OC)C(CCCN)CC([SiH3])(OC)OC. The summed E-state index contributed by atoms with van der Waals surface area (Å²) in [4.78, 5) is 5.54. The number of rotatable bonds is 12. The van der Waals surface area contributed by atoms with Gasteiger partial charge < -0.3 is 20.0 Å². The molecule has 0 aromatic carbocycles. The topological polar surface area (TPSA) is 57.0 Å². The Morgan fingerprint density at radius 3 is 2.26 bits per heavy atom. The van der Waals surface area contributed by atoms with Gasteiger partial charge in [-0.25, -0.2) is 0 Å². The number of nitrogens with zero attached hydrogens (tertiary/aromatic N) is 1. The zero-order valence-corrected chi connectivity index (χ0v) is 15.3. The fourth-order valence-corrected chi connectivity index (χ4v) is 2.59. The lowest BCUT2D eigenvalue weighted by molar-refractivity contribution is -0.204. The lowest BCUT2D eigenvalue weighted by Gasteiger charge is -2.36. The van der Waals surface area contributed by atoms with Crippen molar-refractivity contribution < 1.29 is 14.3 Å². The van der Waals surface area contributed by atoms with Crippen LogP contribution in [0.15, 0.2) is 0 Å². The van der Waals surface area contributed by atoms with Crippen molar-refractivity contribution in [3.8, 4) is 0 Å². The van der Waals surface area contributed by atoms with Gasteiger partial charge in [-0.05, 0) is 25.8 Å². The van der Waals surface area contributed by atoms with Crippen LogP contribution in [0.4, 0.5) is 0 Å². The molecule has 0 fully saturated rings. The lowest BCUT2D eigenvalue weighted by atomic mass is 10.1. The van der Waals surface area contributed by atoms with Gasteiger partial charge in [0.05, 0.1) is 17.4 Å². The highest BCUT2D eigenvalue weighted by Gasteiger charge is 2.30. The molecule has 116 valence electrons. The van der Waals surface area contributed by atoms with Gasteiger partial charge in [-0.3, -0.25) is 0 Å². The van der Waals surface area contributed by atoms with E-state index in [4.69, 9.17) is 20.0 Å². The number of unbranched alkanes of at least 4 members (excludes halogenated alkanes) is 1. The zero-order chi connectivity index (χ0) is 14.7. The van der Waals surface area contributed by atoms with Crippen molar-refractivity contribution in [1.82, 2.24) is 5.06 Å². The molecule has 0 amide bonds. The number of methoxy groups -OCH3 is 2. The predicted octanol–water partition coefficient (Wildman–Crippen LogP) is 0.460. The third-order valence-electron chi connectivity index (χ3n) is 3.59. The molecule has 1 atom stereocenters. The molecule has 1 unspecified atom stereocenters. The van der Waals surface area contributed by atoms with Crippen LogP contribution >= 0.6 is 0 Å². The quantitative estimate of drug-likeness (QED) is 0.322. The van der Waals surface area contributed by atoms with Crippen molar-refractivity contribution in [3.63, 3.8) is 0 Å². The van der Waals surface area contributed by atoms with Crippen molar-refractivity contribution in [2.24, 2.45) is 5.73 Å². The van der Waals surface area contributed by atoms with Crippen LogP contribution in [0.1, 0.15) is 39.0 Å². The summed E-state index contributed by atoms with van der Waals surface area (Å²) in [5.41, 5.74) is 5.19. The van der Waals surface area contributed by atoms with E-state index in [9.17, 15) is 0 Å². The van der Waals surface area contributed by atoms with Crippen LogP contribution in [0.5, 0.6) is 0 Å². The van der Waals surface area contributed by atoms with E-state index in [0.29, 0.717) is 6.54 Å². The summed E-state index contributed by atoms with van der Waals surface area (Å²) in [6.07, 6.45) is 5.10. The second kappa shape index (κ2) is 10.8. The van der Waals surface area contributed by atoms with Crippen LogP contribution in [0.3, 0.4) is 0 Å². The third kappa shape index (κ3) is 7.39. The molecule has 19 heavy (non-hydrogen) atoms. The fraction of sp³-hybridized carbons (Fsp3) is 1.00. The van der Waals surface area contributed by atoms with Gasteiger partial charge in [0.25, 0.3) is 0 Å². The van der Waals surface area contributed by atoms with Crippen LogP contribution < -0.4 is 5.73 Å². The van der Waals surface area contributed by atoms with Crippen LogP contribution in [-0.2, 0) is 14.3 Å². The molecule has 0 aromatic rings. The van der Waals surface area contributed by atoms with E-state index in [2.05, 4.69) is 12.0 Å². The summed E-state index contributed by atoms with van der Waals surface area (Å²) >= 11 is 0. The maximum Gasteiger partial charge on any atom is 0.142 e. The molecular weight excluding hydrogens is 260 g/mol. The molecule has 0 saturated carbocycles. The molecule has 0 bridgehead atoms. The molecular formula is C13H32N2O3Si. The molecule has 0 aliphatic carbocycles. The highest BCUT2D eigenvalue weighted by molar-refractivity contribution is 6.13. The molecule has 0 spiro atoms. The van der Waals surface area contributed by atoms with Crippen LogP contribution in [-0.4, -0.2) is 61.2 Å². The van der Waals surface area contributed by atoms with Crippen LogP contribution in [0.25, 0.3) is 0 Å². The van der Waals surface area contributed by atoms with Crippen molar-refractivity contribution in [1.29, 1.82) is 0 Å². The summed E-state index contributed by atoms with van der Waals surface area (Å²) in [6.45, 7) is 3.83. The number of nitrogens with two attached hydrogens (primary N) is 1. The van der Waals surface area contributed by atoms with Gasteiger partial charge >= 0.3 is 0 Å². The van der Waals surface area contributed by atoms with E-state index in [1.165, 1.54) is 0 Å². The van der Waals surface area contributed by atoms with E-state index in [1.54, 1.807) is 21.3 Å². The largest absolute Gasteiger partial charge is 0.358 e. The number of hydroxylamine groups is 2. The Balaban J connectivity index is 4.65. The molecule has 0 heterocycles. The maximum absolute atomic E-state index is 5.63. The minimum Gasteiger partial charge on any atom is -0.358 e. The zero-order valence-electron chi connectivity index (χ0n) is 13.3. The van der Waals surface area contributed by atoms with Gasteiger partial charge in [0.15, 0.2) is 0 Å². The van der Waals surface area contributed by atoms with E-state index in [0.717, 1.165) is 48.9 Å². The van der Waals surface area contributed by atoms with Crippen molar-refractivity contribution in [2.75, 3.05) is 34.4 Å².